The van der Waals surface area contributed by atoms with E-state index < -0.39 is 0 Å². The lowest BCUT2D eigenvalue weighted by atomic mass is 10.2. The minimum Gasteiger partial charge on any atom is -0.489 e. The van der Waals surface area contributed by atoms with Crippen LogP contribution in [0.3, 0.4) is 0 Å². The van der Waals surface area contributed by atoms with Gasteiger partial charge in [0.05, 0.1) is 11.3 Å². The maximum atomic E-state index is 13.0. The lowest BCUT2D eigenvalue weighted by molar-refractivity contribution is 0.102. The molecule has 146 valence electrons. The summed E-state index contributed by atoms with van der Waals surface area (Å²) in [6.45, 7) is 2.19. The van der Waals surface area contributed by atoms with Crippen LogP contribution < -0.4 is 10.1 Å². The fourth-order valence-corrected chi connectivity index (χ4v) is 3.05. The number of ether oxygens (including phenoxy) is 1. The van der Waals surface area contributed by atoms with Crippen LogP contribution in [-0.4, -0.2) is 20.7 Å². The highest BCUT2D eigenvalue weighted by atomic mass is 19.1. The van der Waals surface area contributed by atoms with Crippen molar-refractivity contribution in [1.29, 1.82) is 0 Å². The molecule has 4 aromatic rings. The van der Waals surface area contributed by atoms with Crippen molar-refractivity contribution in [3.63, 3.8) is 0 Å². The topological polar surface area (TPSA) is 69.0 Å². The number of rotatable bonds is 5. The van der Waals surface area contributed by atoms with E-state index in [4.69, 9.17) is 4.74 Å². The minimum absolute atomic E-state index is 0.265. The third-order valence-corrected chi connectivity index (χ3v) is 4.54. The minimum atomic E-state index is -0.285. The smallest absolute Gasteiger partial charge is 0.257 e. The number of fused-ring (bicyclic) bond motifs is 1. The highest BCUT2D eigenvalue weighted by Gasteiger charge is 2.12. The standard InChI is InChI=1S/C22H19FN4O2/c1-14-20-10-16(12-24-21(20)27(2)26-14)22(28)25-18-4-3-5-19(11-18)29-13-15-6-8-17(23)9-7-15/h3-12H,13H2,1-2H3,(H,25,28). The van der Waals surface area contributed by atoms with Gasteiger partial charge in [0.2, 0.25) is 0 Å². The first-order valence-electron chi connectivity index (χ1n) is 9.07. The summed E-state index contributed by atoms with van der Waals surface area (Å²) < 4.78 is 20.4. The summed E-state index contributed by atoms with van der Waals surface area (Å²) in [5, 5.41) is 8.03. The van der Waals surface area contributed by atoms with Crippen LogP contribution in [0.1, 0.15) is 21.6 Å². The summed E-state index contributed by atoms with van der Waals surface area (Å²) in [6, 6.07) is 15.0. The molecule has 0 saturated carbocycles. The number of amides is 1. The summed E-state index contributed by atoms with van der Waals surface area (Å²) >= 11 is 0. The van der Waals surface area contributed by atoms with Gasteiger partial charge in [0, 0.05) is 30.4 Å². The Bertz CT molecular complexity index is 1190. The summed E-state index contributed by atoms with van der Waals surface area (Å²) in [5.41, 5.74) is 3.46. The van der Waals surface area contributed by atoms with E-state index in [1.54, 1.807) is 47.1 Å². The number of hydrogen-bond acceptors (Lipinski definition) is 4. The van der Waals surface area contributed by atoms with Crippen LogP contribution in [-0.2, 0) is 13.7 Å². The fourth-order valence-electron chi connectivity index (χ4n) is 3.05. The molecule has 0 fully saturated rings. The van der Waals surface area contributed by atoms with E-state index in [-0.39, 0.29) is 11.7 Å². The summed E-state index contributed by atoms with van der Waals surface area (Å²) in [4.78, 5) is 17.0. The predicted molar refractivity (Wildman–Crippen MR) is 108 cm³/mol. The van der Waals surface area contributed by atoms with Crippen molar-refractivity contribution in [2.24, 2.45) is 7.05 Å². The molecule has 2 heterocycles. The number of aryl methyl sites for hydroxylation is 2. The highest BCUT2D eigenvalue weighted by Crippen LogP contribution is 2.21. The van der Waals surface area contributed by atoms with E-state index in [2.05, 4.69) is 15.4 Å². The fraction of sp³-hybridized carbons (Fsp3) is 0.136. The molecule has 1 N–H and O–H groups in total. The Morgan fingerprint density at radius 1 is 1.17 bits per heavy atom. The lowest BCUT2D eigenvalue weighted by Crippen LogP contribution is -2.12. The first-order chi connectivity index (χ1) is 14.0. The number of halogens is 1. The van der Waals surface area contributed by atoms with Gasteiger partial charge in [0.25, 0.3) is 5.91 Å². The second-order valence-corrected chi connectivity index (χ2v) is 6.70. The predicted octanol–water partition coefficient (Wildman–Crippen LogP) is 4.25. The number of nitrogens with one attached hydrogen (secondary N) is 1. The molecule has 1 amide bonds. The van der Waals surface area contributed by atoms with Crippen molar-refractivity contribution < 1.29 is 13.9 Å². The van der Waals surface area contributed by atoms with Gasteiger partial charge < -0.3 is 10.1 Å². The van der Waals surface area contributed by atoms with Gasteiger partial charge in [-0.25, -0.2) is 9.37 Å². The van der Waals surface area contributed by atoms with Crippen molar-refractivity contribution in [3.05, 3.63) is 83.4 Å². The molecular formula is C22H19FN4O2. The number of benzene rings is 2. The average Bonchev–Trinajstić information content (AvgIpc) is 3.01. The SMILES string of the molecule is Cc1nn(C)c2ncc(C(=O)Nc3cccc(OCc4ccc(F)cc4)c3)cc12. The van der Waals surface area contributed by atoms with Crippen LogP contribution in [0, 0.1) is 12.7 Å². The molecule has 29 heavy (non-hydrogen) atoms. The van der Waals surface area contributed by atoms with Crippen LogP contribution in [0.4, 0.5) is 10.1 Å². The first kappa shape index (κ1) is 18.6. The van der Waals surface area contributed by atoms with Crippen LogP contribution >= 0.6 is 0 Å². The quantitative estimate of drug-likeness (QED) is 0.553. The molecule has 0 bridgehead atoms. The molecule has 2 aromatic carbocycles. The molecule has 0 radical (unpaired) electrons. The molecule has 4 rings (SSSR count). The third kappa shape index (κ3) is 4.08. The summed E-state index contributed by atoms with van der Waals surface area (Å²) in [5.74, 6) is 0.0507. The number of nitrogens with zero attached hydrogens (tertiary/aromatic N) is 3. The lowest BCUT2D eigenvalue weighted by Gasteiger charge is -2.09. The number of anilines is 1. The van der Waals surface area contributed by atoms with Crippen molar-refractivity contribution in [3.8, 4) is 5.75 Å². The Morgan fingerprint density at radius 3 is 2.76 bits per heavy atom. The van der Waals surface area contributed by atoms with E-state index >= 15 is 0 Å². The maximum Gasteiger partial charge on any atom is 0.257 e. The molecule has 2 aromatic heterocycles. The zero-order chi connectivity index (χ0) is 20.4. The number of pyridine rings is 1. The molecule has 6 nitrogen and oxygen atoms in total. The van der Waals surface area contributed by atoms with Crippen LogP contribution in [0.15, 0.2) is 60.8 Å². The molecule has 0 atom stereocenters. The Labute approximate surface area is 167 Å². The van der Waals surface area contributed by atoms with E-state index in [0.29, 0.717) is 23.6 Å². The molecule has 0 aliphatic heterocycles. The van der Waals surface area contributed by atoms with Gasteiger partial charge in [-0.3, -0.25) is 9.48 Å². The van der Waals surface area contributed by atoms with Gasteiger partial charge in [0.1, 0.15) is 18.2 Å². The first-order valence-corrected chi connectivity index (χ1v) is 9.07. The normalized spacial score (nSPS) is 10.9. The summed E-state index contributed by atoms with van der Waals surface area (Å²) in [7, 11) is 1.82. The van der Waals surface area contributed by atoms with Crippen molar-refractivity contribution in [1.82, 2.24) is 14.8 Å². The van der Waals surface area contributed by atoms with E-state index in [9.17, 15) is 9.18 Å². The Balaban J connectivity index is 1.46. The van der Waals surface area contributed by atoms with Gasteiger partial charge in [-0.1, -0.05) is 18.2 Å². The Morgan fingerprint density at radius 2 is 1.97 bits per heavy atom. The van der Waals surface area contributed by atoms with Gasteiger partial charge in [-0.05, 0) is 42.8 Å². The van der Waals surface area contributed by atoms with Crippen molar-refractivity contribution >= 4 is 22.6 Å². The van der Waals surface area contributed by atoms with E-state index in [0.717, 1.165) is 22.3 Å². The number of carbonyl (C=O) groups is 1. The number of carbonyl (C=O) groups excluding carboxylic acids is 1. The Hall–Kier alpha value is -3.74. The molecule has 0 aliphatic carbocycles. The van der Waals surface area contributed by atoms with Gasteiger partial charge in [-0.15, -0.1) is 0 Å². The monoisotopic (exact) mass is 390 g/mol. The summed E-state index contributed by atoms with van der Waals surface area (Å²) in [6.07, 6.45) is 1.54. The van der Waals surface area contributed by atoms with Crippen LogP contribution in [0.5, 0.6) is 5.75 Å². The highest BCUT2D eigenvalue weighted by molar-refractivity contribution is 6.05. The van der Waals surface area contributed by atoms with Gasteiger partial charge in [-0.2, -0.15) is 5.10 Å². The van der Waals surface area contributed by atoms with Crippen LogP contribution in [0.25, 0.3) is 11.0 Å². The van der Waals surface area contributed by atoms with Gasteiger partial charge in [0.15, 0.2) is 5.65 Å². The largest absolute Gasteiger partial charge is 0.489 e. The molecule has 0 aliphatic rings. The second kappa shape index (κ2) is 7.71. The van der Waals surface area contributed by atoms with Crippen molar-refractivity contribution in [2.75, 3.05) is 5.32 Å². The maximum absolute atomic E-state index is 13.0. The zero-order valence-corrected chi connectivity index (χ0v) is 16.0. The van der Waals surface area contributed by atoms with E-state index in [1.165, 1.54) is 18.3 Å². The third-order valence-electron chi connectivity index (χ3n) is 4.54. The van der Waals surface area contributed by atoms with Crippen LogP contribution in [0.2, 0.25) is 0 Å². The Kier molecular flexibility index (Phi) is 4.95. The van der Waals surface area contributed by atoms with Crippen molar-refractivity contribution in [2.45, 2.75) is 13.5 Å². The molecule has 0 unspecified atom stereocenters. The average molecular weight is 390 g/mol. The van der Waals surface area contributed by atoms with Gasteiger partial charge >= 0.3 is 0 Å². The zero-order valence-electron chi connectivity index (χ0n) is 16.0. The molecule has 0 spiro atoms. The number of hydrogen-bond donors (Lipinski definition) is 1. The molecular weight excluding hydrogens is 371 g/mol. The molecule has 7 heteroatoms. The molecule has 0 saturated heterocycles. The second-order valence-electron chi connectivity index (χ2n) is 6.70. The number of aromatic nitrogens is 3. The van der Waals surface area contributed by atoms with E-state index in [1.807, 2.05) is 14.0 Å².